The number of nitrogens with one attached hydrogen (secondary N) is 1. The number of amides is 2. The number of hydrogen-bond donors (Lipinski definition) is 2. The highest BCUT2D eigenvalue weighted by molar-refractivity contribution is 7.12. The molecule has 7 heteroatoms. The smallest absolute Gasteiger partial charge is 0.308 e. The second-order valence-corrected chi connectivity index (χ2v) is 8.31. The molecular weight excluding hydrogens is 340 g/mol. The van der Waals surface area contributed by atoms with Gasteiger partial charge in [-0.05, 0) is 42.0 Å². The zero-order chi connectivity index (χ0) is 18.1. The summed E-state index contributed by atoms with van der Waals surface area (Å²) in [5.74, 6) is -1.34. The minimum Gasteiger partial charge on any atom is -0.481 e. The summed E-state index contributed by atoms with van der Waals surface area (Å²) in [6.45, 7) is 4.51. The average Bonchev–Trinajstić information content (AvgIpc) is 3.10. The van der Waals surface area contributed by atoms with Crippen LogP contribution in [0.15, 0.2) is 17.5 Å². The molecule has 1 saturated carbocycles. The molecule has 1 aromatic heterocycles. The quantitative estimate of drug-likeness (QED) is 0.809. The van der Waals surface area contributed by atoms with Gasteiger partial charge < -0.3 is 15.3 Å². The van der Waals surface area contributed by atoms with E-state index in [1.807, 2.05) is 19.2 Å². The standard InChI is InChI=1S/C18H24N2O4S/c1-10(2)15(19-16(21)14-4-3-7-25-14)17(22)20-8-12(11-5-6-11)13(9-20)18(23)24/h3-4,7,10-13,15H,5-6,8-9H2,1-2H3,(H,19,21)(H,23,24)/t12-,13+,15?/m1/s1. The molecule has 0 bridgehead atoms. The third kappa shape index (κ3) is 3.86. The lowest BCUT2D eigenvalue weighted by Crippen LogP contribution is -2.50. The fourth-order valence-electron chi connectivity index (χ4n) is 3.60. The maximum atomic E-state index is 13.0. The van der Waals surface area contributed by atoms with E-state index in [2.05, 4.69) is 5.32 Å². The average molecular weight is 364 g/mol. The van der Waals surface area contributed by atoms with Crippen LogP contribution in [-0.2, 0) is 9.59 Å². The first-order valence-corrected chi connectivity index (χ1v) is 9.62. The molecule has 2 amide bonds. The van der Waals surface area contributed by atoms with E-state index in [0.29, 0.717) is 17.3 Å². The van der Waals surface area contributed by atoms with Crippen molar-refractivity contribution in [1.29, 1.82) is 0 Å². The van der Waals surface area contributed by atoms with Crippen LogP contribution in [0.5, 0.6) is 0 Å². The number of carbonyl (C=O) groups excluding carboxylic acids is 2. The summed E-state index contributed by atoms with van der Waals surface area (Å²) >= 11 is 1.33. The topological polar surface area (TPSA) is 86.7 Å². The number of thiophene rings is 1. The van der Waals surface area contributed by atoms with Crippen LogP contribution in [0.1, 0.15) is 36.4 Å². The van der Waals surface area contributed by atoms with Gasteiger partial charge in [-0.1, -0.05) is 19.9 Å². The largest absolute Gasteiger partial charge is 0.481 e. The van der Waals surface area contributed by atoms with Gasteiger partial charge in [-0.3, -0.25) is 14.4 Å². The summed E-state index contributed by atoms with van der Waals surface area (Å²) in [4.78, 5) is 39.1. The third-order valence-electron chi connectivity index (χ3n) is 5.19. The summed E-state index contributed by atoms with van der Waals surface area (Å²) in [5, 5.41) is 14.1. The number of carboxylic acids is 1. The molecule has 3 rings (SSSR count). The first-order chi connectivity index (χ1) is 11.9. The molecule has 136 valence electrons. The van der Waals surface area contributed by atoms with Gasteiger partial charge in [0.1, 0.15) is 6.04 Å². The van der Waals surface area contributed by atoms with E-state index in [1.165, 1.54) is 11.3 Å². The maximum absolute atomic E-state index is 13.0. The predicted molar refractivity (Wildman–Crippen MR) is 94.3 cm³/mol. The van der Waals surface area contributed by atoms with Gasteiger partial charge >= 0.3 is 5.97 Å². The van der Waals surface area contributed by atoms with Crippen molar-refractivity contribution in [1.82, 2.24) is 10.2 Å². The van der Waals surface area contributed by atoms with Crippen molar-refractivity contribution in [3.05, 3.63) is 22.4 Å². The lowest BCUT2D eigenvalue weighted by Gasteiger charge is -2.27. The number of likely N-dealkylation sites (tertiary alicyclic amines) is 1. The Morgan fingerprint density at radius 2 is 2.00 bits per heavy atom. The zero-order valence-corrected chi connectivity index (χ0v) is 15.3. The molecule has 0 aromatic carbocycles. The van der Waals surface area contributed by atoms with Crippen molar-refractivity contribution in [2.75, 3.05) is 13.1 Å². The number of carbonyl (C=O) groups is 3. The van der Waals surface area contributed by atoms with Gasteiger partial charge in [0.2, 0.25) is 5.91 Å². The van der Waals surface area contributed by atoms with Crippen LogP contribution in [0.4, 0.5) is 0 Å². The van der Waals surface area contributed by atoms with Gasteiger partial charge in [0.25, 0.3) is 5.91 Å². The van der Waals surface area contributed by atoms with Crippen LogP contribution in [0, 0.1) is 23.7 Å². The Kier molecular flexibility index (Phi) is 5.13. The lowest BCUT2D eigenvalue weighted by atomic mass is 9.92. The van der Waals surface area contributed by atoms with E-state index in [0.717, 1.165) is 12.8 Å². The molecule has 1 aliphatic carbocycles. The molecule has 2 N–H and O–H groups in total. The highest BCUT2D eigenvalue weighted by atomic mass is 32.1. The van der Waals surface area contributed by atoms with Gasteiger partial charge in [-0.2, -0.15) is 0 Å². The lowest BCUT2D eigenvalue weighted by molar-refractivity contribution is -0.142. The Bertz CT molecular complexity index is 654. The zero-order valence-electron chi connectivity index (χ0n) is 14.5. The number of carboxylic acid groups (broad SMARTS) is 1. The van der Waals surface area contributed by atoms with E-state index >= 15 is 0 Å². The highest BCUT2D eigenvalue weighted by Gasteiger charge is 2.48. The Hall–Kier alpha value is -1.89. The number of aliphatic carboxylic acids is 1. The molecule has 1 aliphatic heterocycles. The summed E-state index contributed by atoms with van der Waals surface area (Å²) in [6, 6.07) is 2.88. The highest BCUT2D eigenvalue weighted by Crippen LogP contribution is 2.44. The molecular formula is C18H24N2O4S. The second kappa shape index (κ2) is 7.15. The van der Waals surface area contributed by atoms with Crippen molar-refractivity contribution in [2.24, 2.45) is 23.7 Å². The molecule has 0 spiro atoms. The molecule has 2 heterocycles. The third-order valence-corrected chi connectivity index (χ3v) is 6.05. The molecule has 1 saturated heterocycles. The molecule has 0 radical (unpaired) electrons. The Morgan fingerprint density at radius 3 is 2.52 bits per heavy atom. The summed E-state index contributed by atoms with van der Waals surface area (Å²) < 4.78 is 0. The minimum atomic E-state index is -0.823. The van der Waals surface area contributed by atoms with Gasteiger partial charge in [-0.15, -0.1) is 11.3 Å². The second-order valence-electron chi connectivity index (χ2n) is 7.36. The van der Waals surface area contributed by atoms with Gasteiger partial charge in [0, 0.05) is 13.1 Å². The van der Waals surface area contributed by atoms with E-state index in [9.17, 15) is 19.5 Å². The van der Waals surface area contributed by atoms with Gasteiger partial charge in [0.15, 0.2) is 0 Å². The van der Waals surface area contributed by atoms with Crippen molar-refractivity contribution in [2.45, 2.75) is 32.7 Å². The molecule has 6 nitrogen and oxygen atoms in total. The molecule has 1 aromatic rings. The fraction of sp³-hybridized carbons (Fsp3) is 0.611. The molecule has 25 heavy (non-hydrogen) atoms. The van der Waals surface area contributed by atoms with Crippen LogP contribution < -0.4 is 5.32 Å². The van der Waals surface area contributed by atoms with Crippen molar-refractivity contribution < 1.29 is 19.5 Å². The SMILES string of the molecule is CC(C)C(NC(=O)c1cccs1)C(=O)N1C[C@H](C(=O)O)[C@@H](C2CC2)C1. The predicted octanol–water partition coefficient (Wildman–Crippen LogP) is 2.07. The fourth-order valence-corrected chi connectivity index (χ4v) is 4.23. The number of hydrogen-bond acceptors (Lipinski definition) is 4. The van der Waals surface area contributed by atoms with Crippen molar-refractivity contribution >= 4 is 29.1 Å². The monoisotopic (exact) mass is 364 g/mol. The molecule has 2 aliphatic rings. The first-order valence-electron chi connectivity index (χ1n) is 8.74. The van der Waals surface area contributed by atoms with E-state index < -0.39 is 17.9 Å². The van der Waals surface area contributed by atoms with Gasteiger partial charge in [0.05, 0.1) is 10.8 Å². The normalized spacial score (nSPS) is 24.4. The number of nitrogens with zero attached hydrogens (tertiary/aromatic N) is 1. The molecule has 3 atom stereocenters. The number of rotatable bonds is 6. The Morgan fingerprint density at radius 1 is 1.28 bits per heavy atom. The molecule has 1 unspecified atom stereocenters. The first kappa shape index (κ1) is 17.9. The van der Waals surface area contributed by atoms with E-state index in [4.69, 9.17) is 0 Å². The summed E-state index contributed by atoms with van der Waals surface area (Å²) in [5.41, 5.74) is 0. The van der Waals surface area contributed by atoms with Crippen LogP contribution >= 0.6 is 11.3 Å². The maximum Gasteiger partial charge on any atom is 0.308 e. The van der Waals surface area contributed by atoms with Crippen LogP contribution in [0.3, 0.4) is 0 Å². The van der Waals surface area contributed by atoms with Crippen molar-refractivity contribution in [3.63, 3.8) is 0 Å². The summed E-state index contributed by atoms with van der Waals surface area (Å²) in [6.07, 6.45) is 2.11. The van der Waals surface area contributed by atoms with E-state index in [-0.39, 0.29) is 30.2 Å². The van der Waals surface area contributed by atoms with Crippen LogP contribution in [0.2, 0.25) is 0 Å². The summed E-state index contributed by atoms with van der Waals surface area (Å²) in [7, 11) is 0. The Labute approximate surface area is 151 Å². The van der Waals surface area contributed by atoms with E-state index in [1.54, 1.807) is 17.0 Å². The van der Waals surface area contributed by atoms with Crippen molar-refractivity contribution in [3.8, 4) is 0 Å². The minimum absolute atomic E-state index is 0.0438. The van der Waals surface area contributed by atoms with Crippen LogP contribution in [0.25, 0.3) is 0 Å². The van der Waals surface area contributed by atoms with Gasteiger partial charge in [-0.25, -0.2) is 0 Å². The molecule has 2 fully saturated rings. The van der Waals surface area contributed by atoms with Crippen LogP contribution in [-0.4, -0.2) is 46.9 Å². The Balaban J connectivity index is 1.70.